The SMILES string of the molecule is CC=C1C(OC2OC(CO)C(O)C(O)C2O)OC=C(C(=O)OC)C1CC(=O)OCC(C)C1CC(OC(=O)CC2C(C(=O)OC)=COC(OC3OC(CO)C(O)C(O)C3O)C2=CC)C(C)C1CO. The van der Waals surface area contributed by atoms with E-state index in [1.807, 2.05) is 0 Å². The van der Waals surface area contributed by atoms with Crippen LogP contribution in [0.4, 0.5) is 0 Å². The topological polar surface area (TPSA) is 343 Å². The van der Waals surface area contributed by atoms with E-state index in [-0.39, 0.29) is 59.7 Å². The van der Waals surface area contributed by atoms with Gasteiger partial charge in [-0.25, -0.2) is 9.59 Å². The van der Waals surface area contributed by atoms with Crippen molar-refractivity contribution in [3.05, 3.63) is 47.0 Å². The average Bonchev–Trinajstić information content (AvgIpc) is 3.64. The zero-order chi connectivity index (χ0) is 49.4. The molecule has 19 unspecified atom stereocenters. The van der Waals surface area contributed by atoms with Gasteiger partial charge in [-0.3, -0.25) is 9.59 Å². The zero-order valence-electron chi connectivity index (χ0n) is 38.0. The quantitative estimate of drug-likeness (QED) is 0.0421. The lowest BCUT2D eigenvalue weighted by molar-refractivity contribution is -0.327. The van der Waals surface area contributed by atoms with Crippen LogP contribution in [0.2, 0.25) is 0 Å². The van der Waals surface area contributed by atoms with Crippen LogP contribution in [-0.2, 0) is 66.5 Å². The molecule has 0 spiro atoms. The van der Waals surface area contributed by atoms with Crippen molar-refractivity contribution in [2.75, 3.05) is 40.6 Å². The Morgan fingerprint density at radius 2 is 1.13 bits per heavy atom. The van der Waals surface area contributed by atoms with Crippen molar-refractivity contribution in [2.45, 2.75) is 127 Å². The highest BCUT2D eigenvalue weighted by Gasteiger charge is 2.50. The number of carbonyl (C=O) groups excluding carboxylic acids is 4. The second-order valence-electron chi connectivity index (χ2n) is 17.1. The van der Waals surface area contributed by atoms with Crippen molar-refractivity contribution < 1.29 is 113 Å². The van der Waals surface area contributed by atoms with Gasteiger partial charge in [-0.1, -0.05) is 26.0 Å². The monoisotopic (exact) mass is 960 g/mol. The maximum atomic E-state index is 13.8. The minimum Gasteiger partial charge on any atom is -0.468 e. The number of methoxy groups -OCH3 is 2. The molecule has 23 nitrogen and oxygen atoms in total. The normalized spacial score (nSPS) is 39.3. The number of hydrogen-bond acceptors (Lipinski definition) is 23. The van der Waals surface area contributed by atoms with Crippen molar-refractivity contribution in [2.24, 2.45) is 35.5 Å². The van der Waals surface area contributed by atoms with E-state index in [1.165, 1.54) is 12.2 Å². The van der Waals surface area contributed by atoms with E-state index in [1.54, 1.807) is 27.7 Å². The van der Waals surface area contributed by atoms with Crippen LogP contribution in [0.5, 0.6) is 0 Å². The van der Waals surface area contributed by atoms with Gasteiger partial charge in [-0.15, -0.1) is 0 Å². The van der Waals surface area contributed by atoms with Gasteiger partial charge in [0.15, 0.2) is 12.6 Å². The number of ether oxygens (including phenoxy) is 10. The molecule has 0 amide bonds. The summed E-state index contributed by atoms with van der Waals surface area (Å²) in [5, 5.41) is 91.8. The van der Waals surface area contributed by atoms with Gasteiger partial charge in [0.05, 0.1) is 70.6 Å². The van der Waals surface area contributed by atoms with Gasteiger partial charge in [-0.2, -0.15) is 0 Å². The van der Waals surface area contributed by atoms with Crippen LogP contribution >= 0.6 is 0 Å². The lowest BCUT2D eigenvalue weighted by Gasteiger charge is -2.42. The summed E-state index contributed by atoms with van der Waals surface area (Å²) < 4.78 is 55.4. The molecule has 5 rings (SSSR count). The maximum absolute atomic E-state index is 13.8. The molecule has 2 saturated heterocycles. The number of aliphatic hydroxyl groups is 9. The van der Waals surface area contributed by atoms with Gasteiger partial charge in [-0.05, 0) is 43.9 Å². The molecule has 378 valence electrons. The third-order valence-electron chi connectivity index (χ3n) is 13.2. The fourth-order valence-electron chi connectivity index (χ4n) is 9.24. The summed E-state index contributed by atoms with van der Waals surface area (Å²) in [7, 11) is 2.28. The van der Waals surface area contributed by atoms with E-state index in [4.69, 9.17) is 47.4 Å². The molecule has 23 heteroatoms. The smallest absolute Gasteiger partial charge is 0.337 e. The molecule has 5 aliphatic rings. The molecule has 0 aromatic rings. The van der Waals surface area contributed by atoms with Crippen LogP contribution in [-0.4, -0.2) is 191 Å². The first-order valence-corrected chi connectivity index (χ1v) is 22.0. The molecule has 0 aromatic heterocycles. The summed E-state index contributed by atoms with van der Waals surface area (Å²) in [6.07, 6.45) is -15.0. The molecule has 4 heterocycles. The van der Waals surface area contributed by atoms with E-state index in [2.05, 4.69) is 0 Å². The van der Waals surface area contributed by atoms with Crippen LogP contribution in [0, 0.1) is 35.5 Å². The number of allylic oxidation sites excluding steroid dienone is 2. The van der Waals surface area contributed by atoms with Crippen LogP contribution in [0.3, 0.4) is 0 Å². The molecule has 4 aliphatic heterocycles. The van der Waals surface area contributed by atoms with Gasteiger partial charge < -0.3 is 93.3 Å². The highest BCUT2D eigenvalue weighted by atomic mass is 16.8. The van der Waals surface area contributed by atoms with Crippen LogP contribution in [0.25, 0.3) is 0 Å². The molecule has 0 radical (unpaired) electrons. The molecule has 0 aromatic carbocycles. The average molecular weight is 961 g/mol. The predicted molar refractivity (Wildman–Crippen MR) is 221 cm³/mol. The fourth-order valence-corrected chi connectivity index (χ4v) is 9.24. The Kier molecular flexibility index (Phi) is 19.3. The number of esters is 4. The predicted octanol–water partition coefficient (Wildman–Crippen LogP) is -2.29. The van der Waals surface area contributed by atoms with Crippen LogP contribution in [0.1, 0.15) is 47.0 Å². The molecule has 1 aliphatic carbocycles. The molecular formula is C44H64O23. The van der Waals surface area contributed by atoms with Gasteiger partial charge in [0.2, 0.25) is 12.6 Å². The lowest BCUT2D eigenvalue weighted by atomic mass is 9.83. The third kappa shape index (κ3) is 11.9. The molecule has 0 bridgehead atoms. The maximum Gasteiger partial charge on any atom is 0.337 e. The number of aliphatic hydroxyl groups excluding tert-OH is 9. The second kappa shape index (κ2) is 24.0. The van der Waals surface area contributed by atoms with Crippen molar-refractivity contribution in [1.29, 1.82) is 0 Å². The summed E-state index contributed by atoms with van der Waals surface area (Å²) in [5.41, 5.74) is 0.340. The van der Waals surface area contributed by atoms with Gasteiger partial charge >= 0.3 is 23.9 Å². The number of carbonyl (C=O) groups is 4. The van der Waals surface area contributed by atoms with Crippen LogP contribution in [0.15, 0.2) is 47.0 Å². The standard InChI is InChI=1S/C44H64O23/c1-7-20-23(26(39(56)58-5)16-61-41(20)66-43-37(54)35(52)33(50)29(13-46)64-43)10-31(48)60-15-18(3)22-9-28(19(4)25(22)12-45)63-32(49)11-24-21(8-2)42(62-17-27(24)40(57)59-6)67-44-38(55)36(53)34(51)30(14-47)65-44/h7-8,16-19,22-25,28-30,33-38,41-47,50-55H,9-15H2,1-6H3. The summed E-state index contributed by atoms with van der Waals surface area (Å²) in [6, 6.07) is 0. The van der Waals surface area contributed by atoms with Crippen molar-refractivity contribution in [1.82, 2.24) is 0 Å². The molecule has 9 N–H and O–H groups in total. The van der Waals surface area contributed by atoms with Gasteiger partial charge in [0, 0.05) is 29.6 Å². The van der Waals surface area contributed by atoms with E-state index in [0.717, 1.165) is 26.7 Å². The largest absolute Gasteiger partial charge is 0.468 e. The Hall–Kier alpha value is -4.08. The minimum atomic E-state index is -1.77. The fraction of sp³-hybridized carbons (Fsp3) is 0.727. The van der Waals surface area contributed by atoms with E-state index in [0.29, 0.717) is 0 Å². The first-order chi connectivity index (χ1) is 31.9. The van der Waals surface area contributed by atoms with Crippen LogP contribution < -0.4 is 0 Å². The Morgan fingerprint density at radius 3 is 1.54 bits per heavy atom. The summed E-state index contributed by atoms with van der Waals surface area (Å²) >= 11 is 0. The van der Waals surface area contributed by atoms with E-state index in [9.17, 15) is 65.1 Å². The van der Waals surface area contributed by atoms with Crippen molar-refractivity contribution in [3.8, 4) is 0 Å². The third-order valence-corrected chi connectivity index (χ3v) is 13.2. The minimum absolute atomic E-state index is 0.0581. The lowest BCUT2D eigenvalue weighted by Crippen LogP contribution is -2.60. The van der Waals surface area contributed by atoms with E-state index < -0.39 is 148 Å². The molecular weight excluding hydrogens is 896 g/mol. The first kappa shape index (κ1) is 53.9. The Morgan fingerprint density at radius 1 is 0.687 bits per heavy atom. The molecule has 67 heavy (non-hydrogen) atoms. The Bertz CT molecular complexity index is 1840. The zero-order valence-corrected chi connectivity index (χ0v) is 38.0. The van der Waals surface area contributed by atoms with Gasteiger partial charge in [0.25, 0.3) is 0 Å². The Balaban J connectivity index is 1.22. The number of rotatable bonds is 17. The summed E-state index contributed by atoms with van der Waals surface area (Å²) in [6.45, 7) is 4.93. The summed E-state index contributed by atoms with van der Waals surface area (Å²) in [5.74, 6) is -6.66. The molecule has 3 fully saturated rings. The number of hydrogen-bond donors (Lipinski definition) is 9. The Labute approximate surface area is 386 Å². The van der Waals surface area contributed by atoms with Crippen molar-refractivity contribution >= 4 is 23.9 Å². The molecule has 19 atom stereocenters. The van der Waals surface area contributed by atoms with Crippen molar-refractivity contribution in [3.63, 3.8) is 0 Å². The van der Waals surface area contributed by atoms with E-state index >= 15 is 0 Å². The highest BCUT2D eigenvalue weighted by Crippen LogP contribution is 2.44. The first-order valence-electron chi connectivity index (χ1n) is 22.0. The molecule has 1 saturated carbocycles. The highest BCUT2D eigenvalue weighted by molar-refractivity contribution is 5.91. The van der Waals surface area contributed by atoms with Gasteiger partial charge in [0.1, 0.15) is 54.9 Å². The second-order valence-corrected chi connectivity index (χ2v) is 17.1. The summed E-state index contributed by atoms with van der Waals surface area (Å²) in [4.78, 5) is 53.0.